The Hall–Kier alpha value is -1.64. The van der Waals surface area contributed by atoms with Gasteiger partial charge in [-0.2, -0.15) is 0 Å². The van der Waals surface area contributed by atoms with Crippen molar-refractivity contribution in [1.29, 1.82) is 0 Å². The summed E-state index contributed by atoms with van der Waals surface area (Å²) in [5.41, 5.74) is 3.46. The van der Waals surface area contributed by atoms with E-state index in [1.54, 1.807) is 0 Å². The average Bonchev–Trinajstić information content (AvgIpc) is 2.47. The van der Waals surface area contributed by atoms with Gasteiger partial charge >= 0.3 is 0 Å². The molecule has 106 valence electrons. The van der Waals surface area contributed by atoms with Crippen LogP contribution < -0.4 is 0 Å². The predicted molar refractivity (Wildman–Crippen MR) is 77.6 cm³/mol. The van der Waals surface area contributed by atoms with Crippen LogP contribution in [0.1, 0.15) is 42.4 Å². The quantitative estimate of drug-likeness (QED) is 0.827. The highest BCUT2D eigenvalue weighted by Gasteiger charge is 2.19. The van der Waals surface area contributed by atoms with Gasteiger partial charge in [0.05, 0.1) is 6.42 Å². The molecule has 1 heterocycles. The van der Waals surface area contributed by atoms with Crippen LogP contribution in [0.5, 0.6) is 0 Å². The minimum Gasteiger partial charge on any atom is -0.342 e. The zero-order valence-corrected chi connectivity index (χ0v) is 11.9. The molecule has 2 aliphatic rings. The number of piperidine rings is 1. The second kappa shape index (κ2) is 5.78. The van der Waals surface area contributed by atoms with Gasteiger partial charge in [0.2, 0.25) is 5.91 Å². The summed E-state index contributed by atoms with van der Waals surface area (Å²) >= 11 is 0. The van der Waals surface area contributed by atoms with E-state index in [1.165, 1.54) is 12.0 Å². The van der Waals surface area contributed by atoms with E-state index in [0.717, 1.165) is 43.5 Å². The average molecular weight is 271 g/mol. The van der Waals surface area contributed by atoms with Crippen LogP contribution in [0, 0.1) is 0 Å². The minimum atomic E-state index is 0.229. The molecule has 0 radical (unpaired) electrons. The summed E-state index contributed by atoms with van der Waals surface area (Å²) in [5, 5.41) is 0. The number of aryl methyl sites for hydroxylation is 1. The molecule has 0 N–H and O–H groups in total. The Morgan fingerprint density at radius 2 is 1.85 bits per heavy atom. The smallest absolute Gasteiger partial charge is 0.226 e. The zero-order valence-electron chi connectivity index (χ0n) is 11.9. The molecular formula is C17H21NO2. The van der Waals surface area contributed by atoms with Crippen molar-refractivity contribution in [2.24, 2.45) is 0 Å². The number of carbonyl (C=O) groups is 2. The summed E-state index contributed by atoms with van der Waals surface area (Å²) in [5.74, 6) is 0.545. The number of carbonyl (C=O) groups excluding carboxylic acids is 2. The zero-order chi connectivity index (χ0) is 13.9. The topological polar surface area (TPSA) is 37.4 Å². The maximum Gasteiger partial charge on any atom is 0.226 e. The third-order valence-corrected chi connectivity index (χ3v) is 4.40. The van der Waals surface area contributed by atoms with Crippen LogP contribution >= 0.6 is 0 Å². The van der Waals surface area contributed by atoms with E-state index in [1.807, 2.05) is 4.90 Å². The lowest BCUT2D eigenvalue weighted by molar-refractivity contribution is -0.131. The fourth-order valence-electron chi connectivity index (χ4n) is 3.20. The molecule has 1 aromatic rings. The van der Waals surface area contributed by atoms with E-state index in [-0.39, 0.29) is 5.91 Å². The van der Waals surface area contributed by atoms with Crippen molar-refractivity contribution >= 4 is 11.7 Å². The molecule has 1 aromatic carbocycles. The number of fused-ring (bicyclic) bond motifs is 1. The van der Waals surface area contributed by atoms with Crippen molar-refractivity contribution in [1.82, 2.24) is 4.90 Å². The highest BCUT2D eigenvalue weighted by atomic mass is 16.2. The number of benzene rings is 1. The Balaban J connectivity index is 1.69. The summed E-state index contributed by atoms with van der Waals surface area (Å²) in [6, 6.07) is 6.21. The number of nitrogens with zero attached hydrogens (tertiary/aromatic N) is 1. The van der Waals surface area contributed by atoms with Gasteiger partial charge in [0.1, 0.15) is 5.78 Å². The highest BCUT2D eigenvalue weighted by molar-refractivity contribution is 5.83. The lowest BCUT2D eigenvalue weighted by Gasteiger charge is -2.27. The monoisotopic (exact) mass is 271 g/mol. The van der Waals surface area contributed by atoms with E-state index < -0.39 is 0 Å². The minimum absolute atomic E-state index is 0.229. The van der Waals surface area contributed by atoms with Gasteiger partial charge in [0, 0.05) is 25.9 Å². The number of ketones is 1. The Kier molecular flexibility index (Phi) is 3.86. The summed E-state index contributed by atoms with van der Waals surface area (Å²) in [6.45, 7) is 1.81. The van der Waals surface area contributed by atoms with E-state index in [2.05, 4.69) is 18.2 Å². The number of likely N-dealkylation sites (tertiary alicyclic amines) is 1. The SMILES string of the molecule is O=C1CCc2ccc(CC(=O)N3CCCCC3)cc2C1. The van der Waals surface area contributed by atoms with Crippen molar-refractivity contribution in [2.75, 3.05) is 13.1 Å². The Morgan fingerprint density at radius 1 is 1.05 bits per heavy atom. The molecule has 0 bridgehead atoms. The number of hydrogen-bond donors (Lipinski definition) is 0. The van der Waals surface area contributed by atoms with E-state index in [4.69, 9.17) is 0 Å². The van der Waals surface area contributed by atoms with Crippen LogP contribution in [-0.4, -0.2) is 29.7 Å². The maximum absolute atomic E-state index is 12.3. The van der Waals surface area contributed by atoms with Crippen LogP contribution in [0.25, 0.3) is 0 Å². The summed E-state index contributed by atoms with van der Waals surface area (Å²) in [6.07, 6.45) is 6.04. The number of hydrogen-bond acceptors (Lipinski definition) is 2. The van der Waals surface area contributed by atoms with Gasteiger partial charge in [-0.15, -0.1) is 0 Å². The first-order valence-electron chi connectivity index (χ1n) is 7.62. The largest absolute Gasteiger partial charge is 0.342 e. The molecule has 3 rings (SSSR count). The Bertz CT molecular complexity index is 530. The van der Waals surface area contributed by atoms with Gasteiger partial charge in [-0.25, -0.2) is 0 Å². The molecule has 1 amide bonds. The van der Waals surface area contributed by atoms with E-state index in [9.17, 15) is 9.59 Å². The number of amides is 1. The van der Waals surface area contributed by atoms with Crippen LogP contribution in [0.2, 0.25) is 0 Å². The van der Waals surface area contributed by atoms with Gasteiger partial charge in [-0.05, 0) is 42.4 Å². The molecule has 1 fully saturated rings. The molecule has 1 aliphatic carbocycles. The molecule has 3 heteroatoms. The standard InChI is InChI=1S/C17H21NO2/c19-16-7-6-14-5-4-13(10-15(14)12-16)11-17(20)18-8-2-1-3-9-18/h4-5,10H,1-3,6-9,11-12H2. The fourth-order valence-corrected chi connectivity index (χ4v) is 3.20. The first-order valence-corrected chi connectivity index (χ1v) is 7.62. The first kappa shape index (κ1) is 13.3. The fraction of sp³-hybridized carbons (Fsp3) is 0.529. The Labute approximate surface area is 120 Å². The van der Waals surface area contributed by atoms with E-state index in [0.29, 0.717) is 25.0 Å². The molecule has 0 aromatic heterocycles. The second-order valence-electron chi connectivity index (χ2n) is 5.94. The van der Waals surface area contributed by atoms with Gasteiger partial charge in [0.25, 0.3) is 0 Å². The molecule has 20 heavy (non-hydrogen) atoms. The molecular weight excluding hydrogens is 250 g/mol. The lowest BCUT2D eigenvalue weighted by atomic mass is 9.89. The molecule has 0 saturated carbocycles. The summed E-state index contributed by atoms with van der Waals surface area (Å²) in [4.78, 5) is 25.8. The number of Topliss-reactive ketones (excluding diaryl/α,β-unsaturated/α-hetero) is 1. The van der Waals surface area contributed by atoms with Crippen molar-refractivity contribution in [3.63, 3.8) is 0 Å². The van der Waals surface area contributed by atoms with Crippen LogP contribution in [0.15, 0.2) is 18.2 Å². The summed E-state index contributed by atoms with van der Waals surface area (Å²) in [7, 11) is 0. The van der Waals surface area contributed by atoms with Crippen molar-refractivity contribution in [2.45, 2.75) is 44.9 Å². The number of rotatable bonds is 2. The van der Waals surface area contributed by atoms with Crippen molar-refractivity contribution in [3.8, 4) is 0 Å². The molecule has 3 nitrogen and oxygen atoms in total. The van der Waals surface area contributed by atoms with Gasteiger partial charge < -0.3 is 4.90 Å². The first-order chi connectivity index (χ1) is 9.72. The molecule has 1 aliphatic heterocycles. The maximum atomic E-state index is 12.3. The van der Waals surface area contributed by atoms with Crippen molar-refractivity contribution < 1.29 is 9.59 Å². The molecule has 0 spiro atoms. The predicted octanol–water partition coefficient (Wildman–Crippen LogP) is 2.30. The highest BCUT2D eigenvalue weighted by Crippen LogP contribution is 2.21. The third kappa shape index (κ3) is 2.92. The van der Waals surface area contributed by atoms with Crippen LogP contribution in [0.4, 0.5) is 0 Å². The summed E-state index contributed by atoms with van der Waals surface area (Å²) < 4.78 is 0. The molecule has 1 saturated heterocycles. The van der Waals surface area contributed by atoms with Crippen LogP contribution in [-0.2, 0) is 28.9 Å². The van der Waals surface area contributed by atoms with Crippen molar-refractivity contribution in [3.05, 3.63) is 34.9 Å². The van der Waals surface area contributed by atoms with Gasteiger partial charge in [-0.3, -0.25) is 9.59 Å². The third-order valence-electron chi connectivity index (χ3n) is 4.40. The van der Waals surface area contributed by atoms with Crippen LogP contribution in [0.3, 0.4) is 0 Å². The van der Waals surface area contributed by atoms with E-state index >= 15 is 0 Å². The Morgan fingerprint density at radius 3 is 2.65 bits per heavy atom. The van der Waals surface area contributed by atoms with Gasteiger partial charge in [0.15, 0.2) is 0 Å². The normalized spacial score (nSPS) is 18.8. The molecule has 0 unspecified atom stereocenters. The lowest BCUT2D eigenvalue weighted by Crippen LogP contribution is -2.36. The second-order valence-corrected chi connectivity index (χ2v) is 5.94. The molecule has 0 atom stereocenters. The van der Waals surface area contributed by atoms with Gasteiger partial charge in [-0.1, -0.05) is 18.2 Å².